The van der Waals surface area contributed by atoms with Crippen LogP contribution in [0.15, 0.2) is 22.3 Å². The van der Waals surface area contributed by atoms with Gasteiger partial charge in [0.2, 0.25) is 0 Å². The first kappa shape index (κ1) is 26.4. The third kappa shape index (κ3) is 6.29. The number of anilines is 1. The molecule has 1 unspecified atom stereocenters. The van der Waals surface area contributed by atoms with Crippen LogP contribution in [-0.2, 0) is 28.8 Å². The predicted molar refractivity (Wildman–Crippen MR) is 126 cm³/mol. The summed E-state index contributed by atoms with van der Waals surface area (Å²) < 4.78 is 5.79. The molecule has 190 valence electrons. The fraction of sp³-hybridized carbons (Fsp3) is 0.500. The summed E-state index contributed by atoms with van der Waals surface area (Å²) in [5.74, 6) is -2.98. The number of β-lactam (4-membered cyclic amide) rings is 1. The second kappa shape index (κ2) is 10.6. The number of thiazole rings is 1. The highest BCUT2D eigenvalue weighted by Crippen LogP contribution is 2.38. The van der Waals surface area contributed by atoms with Gasteiger partial charge >= 0.3 is 5.97 Å². The van der Waals surface area contributed by atoms with Gasteiger partial charge in [0, 0.05) is 23.5 Å². The van der Waals surface area contributed by atoms with E-state index >= 15 is 0 Å². The summed E-state index contributed by atoms with van der Waals surface area (Å²) in [5, 5.41) is 18.6. The molecule has 0 saturated carbocycles. The quantitative estimate of drug-likeness (QED) is 0.115. The van der Waals surface area contributed by atoms with Crippen molar-refractivity contribution in [3.05, 3.63) is 22.8 Å². The van der Waals surface area contributed by atoms with Crippen molar-refractivity contribution in [1.29, 1.82) is 0 Å². The molecule has 0 spiro atoms. The van der Waals surface area contributed by atoms with E-state index in [-0.39, 0.29) is 28.8 Å². The minimum absolute atomic E-state index is 0.00654. The van der Waals surface area contributed by atoms with Crippen LogP contribution in [0.3, 0.4) is 0 Å². The van der Waals surface area contributed by atoms with E-state index in [4.69, 9.17) is 15.3 Å². The van der Waals surface area contributed by atoms with Gasteiger partial charge in [-0.15, -0.1) is 23.1 Å². The number of nitrogens with two attached hydrogens (primary N) is 1. The Bertz CT molecular complexity index is 1080. The van der Waals surface area contributed by atoms with Crippen LogP contribution in [0.2, 0.25) is 0 Å². The number of quaternary nitrogens is 1. The Morgan fingerprint density at radius 1 is 1.40 bits per heavy atom. The van der Waals surface area contributed by atoms with E-state index in [9.17, 15) is 24.3 Å². The van der Waals surface area contributed by atoms with Crippen LogP contribution in [0, 0.1) is 0 Å². The van der Waals surface area contributed by atoms with Crippen molar-refractivity contribution in [1.82, 2.24) is 15.2 Å². The number of hydrogen-bond donors (Lipinski definition) is 2. The van der Waals surface area contributed by atoms with E-state index in [2.05, 4.69) is 15.5 Å². The minimum atomic E-state index is -1.35. The molecule has 1 fully saturated rings. The molecule has 15 heteroatoms. The van der Waals surface area contributed by atoms with Crippen LogP contribution >= 0.6 is 23.1 Å². The molecule has 0 aliphatic carbocycles. The van der Waals surface area contributed by atoms with Gasteiger partial charge in [-0.2, -0.15) is 0 Å². The monoisotopic (exact) mass is 526 g/mol. The lowest BCUT2D eigenvalue weighted by molar-refractivity contribution is -0.873. The molecule has 3 rings (SSSR count). The van der Waals surface area contributed by atoms with Crippen LogP contribution < -0.4 is 16.2 Å². The smallest absolute Gasteiger partial charge is 0.355 e. The number of carbonyl (C=O) groups is 4. The molecule has 3 atom stereocenters. The van der Waals surface area contributed by atoms with Crippen LogP contribution in [0.4, 0.5) is 5.13 Å². The van der Waals surface area contributed by atoms with E-state index in [1.807, 2.05) is 21.1 Å². The number of rotatable bonds is 10. The molecule has 1 aromatic rings. The minimum Gasteiger partial charge on any atom is -0.550 e. The Labute approximate surface area is 209 Å². The normalized spacial score (nSPS) is 20.8. The Hall–Kier alpha value is -3.17. The molecular weight excluding hydrogens is 500 g/mol. The van der Waals surface area contributed by atoms with Crippen molar-refractivity contribution in [2.45, 2.75) is 23.9 Å². The summed E-state index contributed by atoms with van der Waals surface area (Å²) in [7, 11) is 6.76. The topological polar surface area (TPSA) is 176 Å². The number of aromatic nitrogens is 1. The average molecular weight is 527 g/mol. The van der Waals surface area contributed by atoms with E-state index in [0.717, 1.165) is 11.3 Å². The molecule has 13 nitrogen and oxygen atoms in total. The second-order valence-corrected chi connectivity index (χ2v) is 10.8. The Balaban J connectivity index is 1.69. The maximum absolute atomic E-state index is 12.9. The molecule has 3 N–H and O–H groups in total. The molecule has 2 amide bonds. The summed E-state index contributed by atoms with van der Waals surface area (Å²) in [5.41, 5.74) is 5.69. The maximum atomic E-state index is 12.9. The van der Waals surface area contributed by atoms with Gasteiger partial charge in [0.25, 0.3) is 11.8 Å². The summed E-state index contributed by atoms with van der Waals surface area (Å²) >= 11 is 2.47. The number of carboxylic acid groups (broad SMARTS) is 1. The first-order valence-corrected chi connectivity index (χ1v) is 12.3. The number of likely N-dealkylation sites (N-methyl/N-ethyl adjacent to an activating group) is 1. The highest BCUT2D eigenvalue weighted by atomic mass is 32.2. The summed E-state index contributed by atoms with van der Waals surface area (Å²) in [6.45, 7) is 0.237. The maximum Gasteiger partial charge on any atom is 0.355 e. The van der Waals surface area contributed by atoms with Crippen LogP contribution in [0.5, 0.6) is 0 Å². The number of amides is 2. The summed E-state index contributed by atoms with van der Waals surface area (Å²) in [4.78, 5) is 59.7. The highest BCUT2D eigenvalue weighted by molar-refractivity contribution is 8.00. The number of esters is 1. The van der Waals surface area contributed by atoms with Crippen molar-refractivity contribution in [2.75, 3.05) is 46.3 Å². The summed E-state index contributed by atoms with van der Waals surface area (Å²) in [6, 6.07) is -0.924. The largest absolute Gasteiger partial charge is 0.550 e. The fourth-order valence-electron chi connectivity index (χ4n) is 3.58. The molecule has 0 radical (unpaired) electrons. The van der Waals surface area contributed by atoms with Gasteiger partial charge in [-0.3, -0.25) is 14.5 Å². The van der Waals surface area contributed by atoms with E-state index in [1.54, 1.807) is 0 Å². The van der Waals surface area contributed by atoms with Gasteiger partial charge in [0.05, 0.1) is 21.1 Å². The number of fused-ring (bicyclic) bond motifs is 1. The second-order valence-electron chi connectivity index (χ2n) is 8.74. The molecule has 2 aliphatic rings. The zero-order valence-corrected chi connectivity index (χ0v) is 21.2. The van der Waals surface area contributed by atoms with E-state index in [1.165, 1.54) is 35.2 Å². The van der Waals surface area contributed by atoms with Crippen molar-refractivity contribution in [2.24, 2.45) is 5.16 Å². The van der Waals surface area contributed by atoms with Gasteiger partial charge in [-0.25, -0.2) is 9.78 Å². The number of hydrogen-bond acceptors (Lipinski definition) is 12. The van der Waals surface area contributed by atoms with E-state index in [0.29, 0.717) is 10.2 Å². The highest BCUT2D eigenvalue weighted by Gasteiger charge is 2.53. The molecular formula is C20H26N6O7S2. The average Bonchev–Trinajstić information content (AvgIpc) is 3.18. The Morgan fingerprint density at radius 2 is 2.11 bits per heavy atom. The third-order valence-electron chi connectivity index (χ3n) is 4.92. The molecule has 0 bridgehead atoms. The zero-order chi connectivity index (χ0) is 25.9. The van der Waals surface area contributed by atoms with Gasteiger partial charge in [-0.05, 0) is 6.08 Å². The van der Waals surface area contributed by atoms with Crippen LogP contribution in [0.25, 0.3) is 0 Å². The number of ether oxygens (including phenoxy) is 1. The number of oxime groups is 1. The Morgan fingerprint density at radius 3 is 2.69 bits per heavy atom. The van der Waals surface area contributed by atoms with Gasteiger partial charge in [-0.1, -0.05) is 5.16 Å². The molecule has 2 aliphatic heterocycles. The number of nitrogens with one attached hydrogen (secondary N) is 1. The molecule has 1 saturated heterocycles. The molecule has 3 heterocycles. The predicted octanol–water partition coefficient (Wildman–Crippen LogP) is -1.88. The van der Waals surface area contributed by atoms with Gasteiger partial charge in [0.1, 0.15) is 36.5 Å². The standard InChI is InChI=1S/C20H26N6O7S2/c1-26(2,3)8-10(7-13(27)28)33-19(31)12-5-6-34-18-15(17(30)25(12)18)23-16(29)14(24-32-4)11-9-35-20(21)22-11/h5,9-10,15,18H,6-8H2,1-4H3,(H3-,21,22,23,27,28,29)/b24-14-/t10?,15-,18-/m1/s1. The van der Waals surface area contributed by atoms with Gasteiger partial charge in [0.15, 0.2) is 16.9 Å². The number of carboxylic acids is 1. The number of thioether (sulfide) groups is 1. The van der Waals surface area contributed by atoms with E-state index < -0.39 is 47.7 Å². The lowest BCUT2D eigenvalue weighted by Gasteiger charge is -2.48. The SMILES string of the molecule is CO/N=C(\C(=O)N[C@@H]1C(=O)N2C(C(=O)OC(CC(=O)[O-])C[N+](C)(C)C)=CCS[C@H]12)c1csc(N)n1. The van der Waals surface area contributed by atoms with Crippen molar-refractivity contribution in [3.8, 4) is 0 Å². The molecule has 1 aromatic heterocycles. The first-order valence-electron chi connectivity index (χ1n) is 10.4. The first-order chi connectivity index (χ1) is 16.4. The van der Waals surface area contributed by atoms with Gasteiger partial charge < -0.3 is 35.0 Å². The van der Waals surface area contributed by atoms with Crippen molar-refractivity contribution < 1.29 is 38.3 Å². The number of nitrogen functional groups attached to an aromatic ring is 1. The van der Waals surface area contributed by atoms with Crippen LogP contribution in [0.1, 0.15) is 12.1 Å². The lowest BCUT2D eigenvalue weighted by Crippen LogP contribution is -2.70. The zero-order valence-electron chi connectivity index (χ0n) is 19.5. The van der Waals surface area contributed by atoms with Crippen molar-refractivity contribution in [3.63, 3.8) is 0 Å². The van der Waals surface area contributed by atoms with Crippen LogP contribution in [-0.4, -0.2) is 102 Å². The summed E-state index contributed by atoms with van der Waals surface area (Å²) in [6.07, 6.45) is 0.131. The number of aliphatic carboxylic acids is 1. The fourth-order valence-corrected chi connectivity index (χ4v) is 5.33. The molecule has 35 heavy (non-hydrogen) atoms. The lowest BCUT2D eigenvalue weighted by atomic mass is 10.0. The number of nitrogens with zero attached hydrogens (tertiary/aromatic N) is 4. The molecule has 0 aromatic carbocycles. The Kier molecular flexibility index (Phi) is 8.02. The number of carbonyl (C=O) groups excluding carboxylic acids is 4. The third-order valence-corrected chi connectivity index (χ3v) is 6.78. The van der Waals surface area contributed by atoms with Crippen molar-refractivity contribution >= 4 is 57.7 Å².